The lowest BCUT2D eigenvalue weighted by Crippen LogP contribution is -1.96. The van der Waals surface area contributed by atoms with Crippen LogP contribution in [0.1, 0.15) is 5.01 Å². The van der Waals surface area contributed by atoms with Crippen molar-refractivity contribution in [3.63, 3.8) is 0 Å². The van der Waals surface area contributed by atoms with Crippen LogP contribution >= 0.6 is 11.3 Å². The molecule has 3 heteroatoms. The van der Waals surface area contributed by atoms with E-state index in [4.69, 9.17) is 0 Å². The smallest absolute Gasteiger partial charge is 0.161 e. The normalized spacial score (nSPS) is 10.3. The van der Waals surface area contributed by atoms with Crippen LogP contribution in [0.25, 0.3) is 10.2 Å². The molecule has 0 saturated carbocycles. The van der Waals surface area contributed by atoms with Gasteiger partial charge >= 0.3 is 0 Å². The molecule has 1 aromatic carbocycles. The van der Waals surface area contributed by atoms with Crippen LogP contribution in [0.15, 0.2) is 36.9 Å². The molecule has 0 atom stereocenters. The first-order valence-corrected chi connectivity index (χ1v) is 5.11. The van der Waals surface area contributed by atoms with Crippen LogP contribution in [0.5, 0.6) is 0 Å². The van der Waals surface area contributed by atoms with Gasteiger partial charge in [0.15, 0.2) is 5.78 Å². The number of para-hydroxylation sites is 1. The highest BCUT2D eigenvalue weighted by Crippen LogP contribution is 2.21. The van der Waals surface area contributed by atoms with E-state index in [1.165, 1.54) is 6.08 Å². The summed E-state index contributed by atoms with van der Waals surface area (Å²) in [5, 5.41) is 0.858. The molecule has 0 aliphatic heterocycles. The van der Waals surface area contributed by atoms with E-state index < -0.39 is 0 Å². The lowest BCUT2D eigenvalue weighted by atomic mass is 10.3. The van der Waals surface area contributed by atoms with E-state index in [0.717, 1.165) is 15.2 Å². The van der Waals surface area contributed by atoms with Crippen LogP contribution in [0.3, 0.4) is 0 Å². The molecule has 2 aromatic rings. The summed E-state index contributed by atoms with van der Waals surface area (Å²) in [6.45, 7) is 3.44. The first-order valence-electron chi connectivity index (χ1n) is 4.29. The van der Waals surface area contributed by atoms with Crippen molar-refractivity contribution in [2.75, 3.05) is 0 Å². The summed E-state index contributed by atoms with van der Waals surface area (Å²) in [6.07, 6.45) is 1.70. The number of hydrogen-bond acceptors (Lipinski definition) is 3. The van der Waals surface area contributed by atoms with Crippen molar-refractivity contribution in [2.24, 2.45) is 0 Å². The van der Waals surface area contributed by atoms with Crippen molar-refractivity contribution >= 4 is 27.3 Å². The third-order valence-electron chi connectivity index (χ3n) is 1.89. The maximum atomic E-state index is 11.1. The van der Waals surface area contributed by atoms with E-state index in [2.05, 4.69) is 11.6 Å². The molecule has 2 rings (SSSR count). The molecule has 0 radical (unpaired) electrons. The zero-order valence-corrected chi connectivity index (χ0v) is 8.38. The summed E-state index contributed by atoms with van der Waals surface area (Å²) in [4.78, 5) is 15.5. The second-order valence-electron chi connectivity index (χ2n) is 2.92. The minimum Gasteiger partial charge on any atom is -0.294 e. The Labute approximate surface area is 85.9 Å². The van der Waals surface area contributed by atoms with Gasteiger partial charge in [0.2, 0.25) is 0 Å². The number of allylic oxidation sites excluding steroid dienone is 1. The first kappa shape index (κ1) is 9.09. The van der Waals surface area contributed by atoms with Gasteiger partial charge in [0.05, 0.1) is 16.6 Å². The average Bonchev–Trinajstić information content (AvgIpc) is 2.59. The molecule has 0 bridgehead atoms. The number of carbonyl (C=O) groups excluding carboxylic acids is 1. The maximum absolute atomic E-state index is 11.1. The van der Waals surface area contributed by atoms with E-state index in [0.29, 0.717) is 6.42 Å². The number of nitrogens with zero attached hydrogens (tertiary/aromatic N) is 1. The average molecular weight is 203 g/mol. The fourth-order valence-electron chi connectivity index (χ4n) is 1.22. The Balaban J connectivity index is 2.35. The summed E-state index contributed by atoms with van der Waals surface area (Å²) < 4.78 is 1.12. The lowest BCUT2D eigenvalue weighted by Gasteiger charge is -1.86. The summed E-state index contributed by atoms with van der Waals surface area (Å²) in [5.74, 6) is 0.0176. The molecule has 0 aliphatic carbocycles. The van der Waals surface area contributed by atoms with Crippen LogP contribution in [0, 0.1) is 0 Å². The molecule has 0 spiro atoms. The van der Waals surface area contributed by atoms with E-state index in [-0.39, 0.29) is 5.78 Å². The zero-order valence-electron chi connectivity index (χ0n) is 7.56. The fourth-order valence-corrected chi connectivity index (χ4v) is 2.19. The number of aromatic nitrogens is 1. The van der Waals surface area contributed by atoms with Gasteiger partial charge in [-0.05, 0) is 18.2 Å². The van der Waals surface area contributed by atoms with Crippen LogP contribution in [-0.4, -0.2) is 10.8 Å². The summed E-state index contributed by atoms with van der Waals surface area (Å²) >= 11 is 1.56. The molecule has 2 nitrogen and oxygen atoms in total. The molecule has 0 aliphatic rings. The van der Waals surface area contributed by atoms with Gasteiger partial charge in [-0.25, -0.2) is 4.98 Å². The summed E-state index contributed by atoms with van der Waals surface area (Å²) in [7, 11) is 0. The molecular weight excluding hydrogens is 194 g/mol. The van der Waals surface area contributed by atoms with E-state index >= 15 is 0 Å². The maximum Gasteiger partial charge on any atom is 0.161 e. The topological polar surface area (TPSA) is 30.0 Å². The van der Waals surface area contributed by atoms with Crippen molar-refractivity contribution in [2.45, 2.75) is 6.42 Å². The molecule has 0 N–H and O–H groups in total. The SMILES string of the molecule is C=CC(=O)Cc1nc2ccccc2s1. The molecular formula is C11H9NOS. The summed E-state index contributed by atoms with van der Waals surface area (Å²) in [6, 6.07) is 7.88. The predicted molar refractivity (Wildman–Crippen MR) is 58.5 cm³/mol. The van der Waals surface area contributed by atoms with Crippen LogP contribution in [-0.2, 0) is 11.2 Å². The largest absolute Gasteiger partial charge is 0.294 e. The number of hydrogen-bond donors (Lipinski definition) is 0. The van der Waals surface area contributed by atoms with E-state index in [1.807, 2.05) is 24.3 Å². The standard InChI is InChI=1S/C11H9NOS/c1-2-8(13)7-11-12-9-5-3-4-6-10(9)14-11/h2-6H,1,7H2. The lowest BCUT2D eigenvalue weighted by molar-refractivity contribution is -0.114. The van der Waals surface area contributed by atoms with Crippen LogP contribution in [0.4, 0.5) is 0 Å². The monoisotopic (exact) mass is 203 g/mol. The predicted octanol–water partition coefficient (Wildman–Crippen LogP) is 2.59. The Morgan fingerprint density at radius 3 is 3.00 bits per heavy atom. The quantitative estimate of drug-likeness (QED) is 0.718. The van der Waals surface area contributed by atoms with Gasteiger partial charge in [0.1, 0.15) is 5.01 Å². The Hall–Kier alpha value is -1.48. The van der Waals surface area contributed by atoms with Crippen molar-refractivity contribution in [3.8, 4) is 0 Å². The van der Waals surface area contributed by atoms with Crippen molar-refractivity contribution in [1.82, 2.24) is 4.98 Å². The van der Waals surface area contributed by atoms with Crippen molar-refractivity contribution in [3.05, 3.63) is 41.9 Å². The Morgan fingerprint density at radius 1 is 1.50 bits per heavy atom. The number of fused-ring (bicyclic) bond motifs is 1. The van der Waals surface area contributed by atoms with Gasteiger partial charge in [-0.1, -0.05) is 18.7 Å². The number of benzene rings is 1. The number of rotatable bonds is 3. The molecule has 14 heavy (non-hydrogen) atoms. The second kappa shape index (κ2) is 3.72. The highest BCUT2D eigenvalue weighted by molar-refractivity contribution is 7.18. The van der Waals surface area contributed by atoms with E-state index in [9.17, 15) is 4.79 Å². The van der Waals surface area contributed by atoms with Gasteiger partial charge in [-0.15, -0.1) is 11.3 Å². The molecule has 0 amide bonds. The van der Waals surface area contributed by atoms with Crippen LogP contribution in [0.2, 0.25) is 0 Å². The van der Waals surface area contributed by atoms with Gasteiger partial charge in [0.25, 0.3) is 0 Å². The minimum atomic E-state index is 0.0176. The molecule has 0 fully saturated rings. The fraction of sp³-hybridized carbons (Fsp3) is 0.0909. The van der Waals surface area contributed by atoms with Gasteiger partial charge in [0, 0.05) is 0 Å². The van der Waals surface area contributed by atoms with Gasteiger partial charge < -0.3 is 0 Å². The molecule has 1 heterocycles. The van der Waals surface area contributed by atoms with Crippen molar-refractivity contribution < 1.29 is 4.79 Å². The Morgan fingerprint density at radius 2 is 2.29 bits per heavy atom. The molecule has 1 aromatic heterocycles. The third kappa shape index (κ3) is 1.72. The van der Waals surface area contributed by atoms with Gasteiger partial charge in [-0.3, -0.25) is 4.79 Å². The first-order chi connectivity index (χ1) is 6.79. The van der Waals surface area contributed by atoms with Crippen molar-refractivity contribution in [1.29, 1.82) is 0 Å². The zero-order chi connectivity index (χ0) is 9.97. The Kier molecular flexibility index (Phi) is 2.41. The van der Waals surface area contributed by atoms with E-state index in [1.54, 1.807) is 11.3 Å². The van der Waals surface area contributed by atoms with Gasteiger partial charge in [-0.2, -0.15) is 0 Å². The Bertz CT molecular complexity index is 454. The second-order valence-corrected chi connectivity index (χ2v) is 4.04. The minimum absolute atomic E-state index is 0.0176. The third-order valence-corrected chi connectivity index (χ3v) is 2.93. The highest BCUT2D eigenvalue weighted by Gasteiger charge is 2.05. The summed E-state index contributed by atoms with van der Waals surface area (Å²) in [5.41, 5.74) is 0.962. The molecule has 70 valence electrons. The molecule has 0 saturated heterocycles. The number of ketones is 1. The number of thiazole rings is 1. The molecule has 0 unspecified atom stereocenters. The highest BCUT2D eigenvalue weighted by atomic mass is 32.1. The van der Waals surface area contributed by atoms with Crippen LogP contribution < -0.4 is 0 Å². The number of carbonyl (C=O) groups is 1.